The molecule has 3 aromatic rings. The second kappa shape index (κ2) is 8.81. The third-order valence-corrected chi connectivity index (χ3v) is 5.71. The third-order valence-electron chi connectivity index (χ3n) is 3.94. The van der Waals surface area contributed by atoms with Gasteiger partial charge in [0.15, 0.2) is 0 Å². The number of amides is 2. The molecule has 6 nitrogen and oxygen atoms in total. The predicted octanol–water partition coefficient (Wildman–Crippen LogP) is 3.36. The highest BCUT2D eigenvalue weighted by Gasteiger charge is 2.16. The number of thiophene rings is 2. The van der Waals surface area contributed by atoms with Gasteiger partial charge in [-0.05, 0) is 47.8 Å². The van der Waals surface area contributed by atoms with E-state index in [1.807, 2.05) is 36.5 Å². The molecule has 0 fully saturated rings. The average Bonchev–Trinajstić information content (AvgIpc) is 3.38. The van der Waals surface area contributed by atoms with Crippen molar-refractivity contribution >= 4 is 51.6 Å². The first-order valence-electron chi connectivity index (χ1n) is 8.46. The minimum atomic E-state index is -0.733. The molecule has 28 heavy (non-hydrogen) atoms. The van der Waals surface area contributed by atoms with Crippen molar-refractivity contribution in [3.63, 3.8) is 0 Å². The molecule has 0 aliphatic rings. The molecule has 144 valence electrons. The maximum absolute atomic E-state index is 12.3. The Morgan fingerprint density at radius 3 is 2.36 bits per heavy atom. The Balaban J connectivity index is 1.52. The van der Waals surface area contributed by atoms with Crippen LogP contribution in [0.25, 0.3) is 0 Å². The van der Waals surface area contributed by atoms with Crippen molar-refractivity contribution in [2.75, 3.05) is 24.3 Å². The van der Waals surface area contributed by atoms with Crippen LogP contribution in [-0.4, -0.2) is 31.7 Å². The maximum Gasteiger partial charge on any atom is 0.313 e. The van der Waals surface area contributed by atoms with E-state index in [4.69, 9.17) is 0 Å². The van der Waals surface area contributed by atoms with Crippen molar-refractivity contribution in [3.8, 4) is 0 Å². The summed E-state index contributed by atoms with van der Waals surface area (Å²) in [7, 11) is 3.84. The van der Waals surface area contributed by atoms with Crippen molar-refractivity contribution in [1.29, 1.82) is 0 Å². The molecular weight excluding hydrogens is 394 g/mol. The molecule has 0 saturated carbocycles. The lowest BCUT2D eigenvalue weighted by Crippen LogP contribution is -2.34. The van der Waals surface area contributed by atoms with Crippen molar-refractivity contribution in [3.05, 3.63) is 68.5 Å². The lowest BCUT2D eigenvalue weighted by molar-refractivity contribution is -0.136. The Morgan fingerprint density at radius 2 is 1.71 bits per heavy atom. The summed E-state index contributed by atoms with van der Waals surface area (Å²) < 4.78 is 0. The molecule has 1 aromatic carbocycles. The molecule has 0 bridgehead atoms. The molecule has 2 heterocycles. The maximum atomic E-state index is 12.3. The van der Waals surface area contributed by atoms with Gasteiger partial charge >= 0.3 is 11.8 Å². The summed E-state index contributed by atoms with van der Waals surface area (Å²) in [6.07, 6.45) is 0. The van der Waals surface area contributed by atoms with E-state index in [1.54, 1.807) is 35.7 Å². The van der Waals surface area contributed by atoms with Gasteiger partial charge in [-0.2, -0.15) is 11.3 Å². The van der Waals surface area contributed by atoms with Crippen LogP contribution >= 0.6 is 22.7 Å². The molecular formula is C20H19N3O3S2. The minimum absolute atomic E-state index is 0.0391. The van der Waals surface area contributed by atoms with Crippen LogP contribution in [0.2, 0.25) is 0 Å². The van der Waals surface area contributed by atoms with Gasteiger partial charge in [-0.25, -0.2) is 0 Å². The van der Waals surface area contributed by atoms with Gasteiger partial charge in [0, 0.05) is 41.3 Å². The minimum Gasteiger partial charge on any atom is -0.378 e. The van der Waals surface area contributed by atoms with Crippen LogP contribution in [0, 0.1) is 0 Å². The van der Waals surface area contributed by atoms with Crippen LogP contribution in [0.5, 0.6) is 0 Å². The van der Waals surface area contributed by atoms with Gasteiger partial charge in [0.05, 0.1) is 11.4 Å². The van der Waals surface area contributed by atoms with Crippen molar-refractivity contribution in [1.82, 2.24) is 5.32 Å². The zero-order valence-corrected chi connectivity index (χ0v) is 17.0. The lowest BCUT2D eigenvalue weighted by atomic mass is 10.2. The first-order chi connectivity index (χ1) is 13.4. The highest BCUT2D eigenvalue weighted by atomic mass is 32.1. The highest BCUT2D eigenvalue weighted by molar-refractivity contribution is 7.14. The third kappa shape index (κ3) is 4.85. The first-order valence-corrected chi connectivity index (χ1v) is 10.2. The van der Waals surface area contributed by atoms with E-state index < -0.39 is 11.8 Å². The second-order valence-electron chi connectivity index (χ2n) is 6.19. The zero-order valence-electron chi connectivity index (χ0n) is 15.4. The van der Waals surface area contributed by atoms with Gasteiger partial charge in [-0.3, -0.25) is 14.4 Å². The number of nitrogens with zero attached hydrogens (tertiary/aromatic N) is 1. The average molecular weight is 414 g/mol. The van der Waals surface area contributed by atoms with Crippen LogP contribution in [-0.2, 0) is 16.1 Å². The molecule has 0 unspecified atom stereocenters. The van der Waals surface area contributed by atoms with Gasteiger partial charge in [-0.15, -0.1) is 11.3 Å². The molecule has 0 saturated heterocycles. The second-order valence-corrected chi connectivity index (χ2v) is 8.13. The van der Waals surface area contributed by atoms with Crippen molar-refractivity contribution in [2.24, 2.45) is 0 Å². The summed E-state index contributed by atoms with van der Waals surface area (Å²) in [6, 6.07) is 12.5. The monoisotopic (exact) mass is 413 g/mol. The van der Waals surface area contributed by atoms with Crippen LogP contribution in [0.15, 0.2) is 53.2 Å². The summed E-state index contributed by atoms with van der Waals surface area (Å²) in [4.78, 5) is 39.7. The SMILES string of the molecule is CN(C)c1ccc(NC(=O)C(=O)NCc2ccc(C(=O)c3ccsc3)s2)cc1. The predicted molar refractivity (Wildman–Crippen MR) is 113 cm³/mol. The van der Waals surface area contributed by atoms with Crippen LogP contribution in [0.1, 0.15) is 20.1 Å². The number of ketones is 1. The van der Waals surface area contributed by atoms with Crippen molar-refractivity contribution < 1.29 is 14.4 Å². The van der Waals surface area contributed by atoms with Crippen LogP contribution in [0.3, 0.4) is 0 Å². The summed E-state index contributed by atoms with van der Waals surface area (Å²) in [5, 5.41) is 8.80. The van der Waals surface area contributed by atoms with Crippen LogP contribution in [0.4, 0.5) is 11.4 Å². The summed E-state index contributed by atoms with van der Waals surface area (Å²) in [5.41, 5.74) is 2.19. The zero-order chi connectivity index (χ0) is 20.1. The Bertz CT molecular complexity index is 977. The Morgan fingerprint density at radius 1 is 0.964 bits per heavy atom. The Kier molecular flexibility index (Phi) is 6.23. The number of benzene rings is 1. The summed E-state index contributed by atoms with van der Waals surface area (Å²) >= 11 is 2.77. The van der Waals surface area contributed by atoms with E-state index >= 15 is 0 Å². The number of hydrogen-bond acceptors (Lipinski definition) is 6. The summed E-state index contributed by atoms with van der Waals surface area (Å²) in [5.74, 6) is -1.50. The fraction of sp³-hybridized carbons (Fsp3) is 0.150. The molecule has 0 aliphatic heterocycles. The number of rotatable bonds is 6. The van der Waals surface area contributed by atoms with E-state index in [9.17, 15) is 14.4 Å². The van der Waals surface area contributed by atoms with E-state index in [0.29, 0.717) is 16.1 Å². The smallest absolute Gasteiger partial charge is 0.313 e. The fourth-order valence-electron chi connectivity index (χ4n) is 2.41. The molecule has 2 N–H and O–H groups in total. The van der Waals surface area contributed by atoms with E-state index in [1.165, 1.54) is 22.7 Å². The molecule has 2 aromatic heterocycles. The molecule has 8 heteroatoms. The highest BCUT2D eigenvalue weighted by Crippen LogP contribution is 2.21. The fourth-order valence-corrected chi connectivity index (χ4v) is 3.95. The molecule has 0 aliphatic carbocycles. The van der Waals surface area contributed by atoms with Gasteiger partial charge in [0.2, 0.25) is 5.78 Å². The first kappa shape index (κ1) is 19.8. The van der Waals surface area contributed by atoms with Crippen LogP contribution < -0.4 is 15.5 Å². The molecule has 0 radical (unpaired) electrons. The molecule has 2 amide bonds. The van der Waals surface area contributed by atoms with Gasteiger partial charge < -0.3 is 15.5 Å². The van der Waals surface area contributed by atoms with Crippen molar-refractivity contribution in [2.45, 2.75) is 6.54 Å². The molecule has 0 spiro atoms. The number of carbonyl (C=O) groups excluding carboxylic acids is 3. The normalized spacial score (nSPS) is 10.4. The van der Waals surface area contributed by atoms with Gasteiger partial charge in [0.1, 0.15) is 0 Å². The van der Waals surface area contributed by atoms with E-state index in [-0.39, 0.29) is 12.3 Å². The topological polar surface area (TPSA) is 78.5 Å². The molecule has 3 rings (SSSR count). The number of carbonyl (C=O) groups is 3. The lowest BCUT2D eigenvalue weighted by Gasteiger charge is -2.13. The van der Waals surface area contributed by atoms with Gasteiger partial charge in [-0.1, -0.05) is 0 Å². The summed E-state index contributed by atoms with van der Waals surface area (Å²) in [6.45, 7) is 0.188. The largest absolute Gasteiger partial charge is 0.378 e. The number of anilines is 2. The Labute approximate surface area is 170 Å². The Hall–Kier alpha value is -2.97. The number of nitrogens with one attached hydrogen (secondary N) is 2. The number of hydrogen-bond donors (Lipinski definition) is 2. The van der Waals surface area contributed by atoms with E-state index in [2.05, 4.69) is 10.6 Å². The van der Waals surface area contributed by atoms with E-state index in [0.717, 1.165) is 10.6 Å². The van der Waals surface area contributed by atoms with Gasteiger partial charge in [0.25, 0.3) is 0 Å². The molecule has 0 atom stereocenters. The standard InChI is InChI=1S/C20H19N3O3S2/c1-23(2)15-5-3-14(4-6-15)22-20(26)19(25)21-11-16-7-8-17(28-16)18(24)13-9-10-27-12-13/h3-10,12H,11H2,1-2H3,(H,21,25)(H,22,26). The quantitative estimate of drug-likeness (QED) is 0.480.